The normalized spacial score (nSPS) is 17.2. The third-order valence-corrected chi connectivity index (χ3v) is 5.71. The molecule has 1 heterocycles. The summed E-state index contributed by atoms with van der Waals surface area (Å²) in [5, 5.41) is 10.5. The maximum atomic E-state index is 13.2. The molecule has 0 atom stereocenters. The smallest absolute Gasteiger partial charge is 0.201 e. The van der Waals surface area contributed by atoms with Crippen LogP contribution in [0, 0.1) is 0 Å². The quantitative estimate of drug-likeness (QED) is 0.671. The lowest BCUT2D eigenvalue weighted by Crippen LogP contribution is -2.45. The third kappa shape index (κ3) is 3.53. The first-order valence-corrected chi connectivity index (χ1v) is 9.82. The van der Waals surface area contributed by atoms with E-state index in [2.05, 4.69) is 16.8 Å². The molecule has 4 rings (SSSR count). The van der Waals surface area contributed by atoms with Gasteiger partial charge in [-0.3, -0.25) is 14.5 Å². The van der Waals surface area contributed by atoms with Gasteiger partial charge in [-0.1, -0.05) is 18.2 Å². The Labute approximate surface area is 169 Å². The highest BCUT2D eigenvalue weighted by Gasteiger charge is 2.35. The van der Waals surface area contributed by atoms with Crippen molar-refractivity contribution in [1.82, 2.24) is 9.80 Å². The number of ether oxygens (including phenoxy) is 1. The number of likely N-dealkylation sites (N-methyl/N-ethyl adjacent to an activating group) is 1. The molecule has 1 aliphatic heterocycles. The van der Waals surface area contributed by atoms with Gasteiger partial charge in [0.15, 0.2) is 5.78 Å². The Bertz CT molecular complexity index is 965. The standard InChI is InChI=1S/C22H25N3O4/c1-24-7-9-25(10-8-24)11-12-29-17-4-2-3-15-18(17)22(28)19-16(21(15)27)6-5-14(13-23)20(19)26/h2-6,26H,7-13,23H2,1H3. The minimum atomic E-state index is -0.405. The number of carbonyl (C=O) groups is 2. The highest BCUT2D eigenvalue weighted by atomic mass is 16.5. The molecule has 1 fully saturated rings. The van der Waals surface area contributed by atoms with Gasteiger partial charge in [-0.25, -0.2) is 0 Å². The van der Waals surface area contributed by atoms with Crippen molar-refractivity contribution in [3.63, 3.8) is 0 Å². The number of phenolic OH excluding ortho intramolecular Hbond substituents is 1. The summed E-state index contributed by atoms with van der Waals surface area (Å²) in [6.45, 7) is 5.25. The first kappa shape index (κ1) is 19.6. The van der Waals surface area contributed by atoms with Crippen LogP contribution in [-0.2, 0) is 6.54 Å². The number of carbonyl (C=O) groups excluding carboxylic acids is 2. The minimum Gasteiger partial charge on any atom is -0.507 e. The Hall–Kier alpha value is -2.74. The zero-order valence-electron chi connectivity index (χ0n) is 16.5. The molecule has 1 saturated heterocycles. The molecule has 2 aromatic rings. The number of nitrogens with zero attached hydrogens (tertiary/aromatic N) is 2. The van der Waals surface area contributed by atoms with E-state index in [-0.39, 0.29) is 34.8 Å². The second-order valence-corrected chi connectivity index (χ2v) is 7.53. The molecule has 0 spiro atoms. The van der Waals surface area contributed by atoms with E-state index in [1.807, 2.05) is 0 Å². The zero-order valence-corrected chi connectivity index (χ0v) is 16.5. The van der Waals surface area contributed by atoms with Gasteiger partial charge in [-0.2, -0.15) is 0 Å². The number of benzene rings is 2. The van der Waals surface area contributed by atoms with Crippen molar-refractivity contribution in [2.75, 3.05) is 46.4 Å². The first-order valence-electron chi connectivity index (χ1n) is 9.82. The number of phenols is 1. The summed E-state index contributed by atoms with van der Waals surface area (Å²) in [6.07, 6.45) is 0. The monoisotopic (exact) mass is 395 g/mol. The Balaban J connectivity index is 1.59. The lowest BCUT2D eigenvalue weighted by atomic mass is 9.82. The van der Waals surface area contributed by atoms with Crippen molar-refractivity contribution in [1.29, 1.82) is 0 Å². The van der Waals surface area contributed by atoms with Crippen LogP contribution in [0.15, 0.2) is 30.3 Å². The van der Waals surface area contributed by atoms with Gasteiger partial charge in [0.05, 0.1) is 11.1 Å². The lowest BCUT2D eigenvalue weighted by molar-refractivity contribution is 0.0970. The number of aromatic hydroxyl groups is 1. The molecule has 7 heteroatoms. The van der Waals surface area contributed by atoms with Gasteiger partial charge in [-0.05, 0) is 19.2 Å². The molecule has 1 aliphatic carbocycles. The van der Waals surface area contributed by atoms with E-state index in [1.54, 1.807) is 30.3 Å². The predicted octanol–water partition coefficient (Wildman–Crippen LogP) is 1.25. The molecule has 0 saturated carbocycles. The van der Waals surface area contributed by atoms with Gasteiger partial charge in [0, 0.05) is 56.0 Å². The summed E-state index contributed by atoms with van der Waals surface area (Å²) < 4.78 is 5.93. The number of fused-ring (bicyclic) bond motifs is 2. The van der Waals surface area contributed by atoms with Crippen molar-refractivity contribution in [3.05, 3.63) is 58.1 Å². The van der Waals surface area contributed by atoms with Crippen LogP contribution in [0.1, 0.15) is 37.4 Å². The third-order valence-electron chi connectivity index (χ3n) is 5.71. The number of piperazine rings is 1. The SMILES string of the molecule is CN1CCN(CCOc2cccc3c2C(=O)c2c(ccc(CN)c2O)C3=O)CC1. The summed E-state index contributed by atoms with van der Waals surface area (Å²) in [5.74, 6) is -0.546. The van der Waals surface area contributed by atoms with Crippen molar-refractivity contribution in [2.45, 2.75) is 6.54 Å². The summed E-state index contributed by atoms with van der Waals surface area (Å²) in [7, 11) is 2.11. The van der Waals surface area contributed by atoms with Crippen LogP contribution >= 0.6 is 0 Å². The average molecular weight is 395 g/mol. The van der Waals surface area contributed by atoms with Gasteiger partial charge in [-0.15, -0.1) is 0 Å². The molecule has 29 heavy (non-hydrogen) atoms. The Kier molecular flexibility index (Phi) is 5.36. The number of hydrogen-bond acceptors (Lipinski definition) is 7. The molecule has 0 amide bonds. The maximum absolute atomic E-state index is 13.2. The molecule has 2 aromatic carbocycles. The van der Waals surface area contributed by atoms with Gasteiger partial charge in [0.2, 0.25) is 5.78 Å². The van der Waals surface area contributed by atoms with Crippen molar-refractivity contribution >= 4 is 11.6 Å². The van der Waals surface area contributed by atoms with Crippen LogP contribution in [0.25, 0.3) is 0 Å². The van der Waals surface area contributed by atoms with Gasteiger partial charge < -0.3 is 20.5 Å². The van der Waals surface area contributed by atoms with Gasteiger partial charge in [0.1, 0.15) is 18.1 Å². The van der Waals surface area contributed by atoms with E-state index in [0.717, 1.165) is 32.7 Å². The van der Waals surface area contributed by atoms with Crippen molar-refractivity contribution in [3.8, 4) is 11.5 Å². The van der Waals surface area contributed by atoms with Crippen LogP contribution in [0.4, 0.5) is 0 Å². The van der Waals surface area contributed by atoms with Crippen LogP contribution in [0.2, 0.25) is 0 Å². The molecule has 2 aliphatic rings. The van der Waals surface area contributed by atoms with E-state index in [4.69, 9.17) is 10.5 Å². The van der Waals surface area contributed by atoms with E-state index in [0.29, 0.717) is 23.5 Å². The zero-order chi connectivity index (χ0) is 20.5. The summed E-state index contributed by atoms with van der Waals surface area (Å²) in [6, 6.07) is 8.18. The molecule has 0 bridgehead atoms. The average Bonchev–Trinajstić information content (AvgIpc) is 2.73. The first-order chi connectivity index (χ1) is 14.0. The van der Waals surface area contributed by atoms with E-state index < -0.39 is 5.78 Å². The highest BCUT2D eigenvalue weighted by Crippen LogP contribution is 2.38. The fourth-order valence-corrected chi connectivity index (χ4v) is 3.92. The second kappa shape index (κ2) is 7.94. The van der Waals surface area contributed by atoms with Crippen molar-refractivity contribution in [2.24, 2.45) is 5.73 Å². The van der Waals surface area contributed by atoms with E-state index in [9.17, 15) is 14.7 Å². The topological polar surface area (TPSA) is 96.1 Å². The Morgan fingerprint density at radius 2 is 1.72 bits per heavy atom. The summed E-state index contributed by atoms with van der Waals surface area (Å²) in [4.78, 5) is 30.8. The summed E-state index contributed by atoms with van der Waals surface area (Å²) >= 11 is 0. The van der Waals surface area contributed by atoms with Gasteiger partial charge >= 0.3 is 0 Å². The maximum Gasteiger partial charge on any atom is 0.201 e. The fraction of sp³-hybridized carbons (Fsp3) is 0.364. The molecule has 0 unspecified atom stereocenters. The Morgan fingerprint density at radius 1 is 1.00 bits per heavy atom. The second-order valence-electron chi connectivity index (χ2n) is 7.53. The number of rotatable bonds is 5. The molecular formula is C22H25N3O4. The molecule has 3 N–H and O–H groups in total. The molecule has 152 valence electrons. The molecular weight excluding hydrogens is 370 g/mol. The number of ketones is 2. The lowest BCUT2D eigenvalue weighted by Gasteiger charge is -2.32. The highest BCUT2D eigenvalue weighted by molar-refractivity contribution is 6.30. The fourth-order valence-electron chi connectivity index (χ4n) is 3.92. The van der Waals surface area contributed by atoms with Crippen LogP contribution in [0.5, 0.6) is 11.5 Å². The predicted molar refractivity (Wildman–Crippen MR) is 109 cm³/mol. The minimum absolute atomic E-state index is 0.0144. The van der Waals surface area contributed by atoms with Gasteiger partial charge in [0.25, 0.3) is 0 Å². The molecule has 7 nitrogen and oxygen atoms in total. The molecule has 0 aromatic heterocycles. The van der Waals surface area contributed by atoms with Crippen molar-refractivity contribution < 1.29 is 19.4 Å². The number of nitrogens with two attached hydrogens (primary N) is 1. The largest absolute Gasteiger partial charge is 0.507 e. The van der Waals surface area contributed by atoms with Crippen LogP contribution in [0.3, 0.4) is 0 Å². The molecule has 0 radical (unpaired) electrons. The van der Waals surface area contributed by atoms with Crippen LogP contribution in [-0.4, -0.2) is 72.9 Å². The summed E-state index contributed by atoms with van der Waals surface area (Å²) in [5.41, 5.74) is 6.81. The van der Waals surface area contributed by atoms with E-state index >= 15 is 0 Å². The Morgan fingerprint density at radius 3 is 2.45 bits per heavy atom. The number of hydrogen-bond donors (Lipinski definition) is 2. The van der Waals surface area contributed by atoms with E-state index in [1.165, 1.54) is 0 Å². The van der Waals surface area contributed by atoms with Crippen LogP contribution < -0.4 is 10.5 Å².